The number of ether oxygens (including phenoxy) is 2. The van der Waals surface area contributed by atoms with Crippen LogP contribution in [0.15, 0.2) is 72.8 Å². The molecule has 2 aromatic carbocycles. The van der Waals surface area contributed by atoms with Crippen LogP contribution in [0.1, 0.15) is 11.1 Å². The van der Waals surface area contributed by atoms with Gasteiger partial charge in [-0.3, -0.25) is 4.79 Å². The molecule has 0 amide bonds. The fourth-order valence-electron chi connectivity index (χ4n) is 2.35. The first kappa shape index (κ1) is 23.2. The van der Waals surface area contributed by atoms with E-state index < -0.39 is 29.0 Å². The Balaban J connectivity index is 1.91. The van der Waals surface area contributed by atoms with Crippen LogP contribution in [0, 0.1) is 0 Å². The fraction of sp³-hybridized carbons (Fsp3) is 0.174. The molecule has 0 radical (unpaired) electrons. The molecule has 0 N–H and O–H groups in total. The highest BCUT2D eigenvalue weighted by Gasteiger charge is 2.32. The first-order chi connectivity index (χ1) is 14.5. The number of halogens is 2. The molecule has 0 aliphatic carbocycles. The molecular weight excluding hydrogens is 455 g/mol. The van der Waals surface area contributed by atoms with Crippen molar-refractivity contribution in [2.45, 2.75) is 17.1 Å². The molecule has 3 atom stereocenters. The Kier molecular flexibility index (Phi) is 9.67. The second kappa shape index (κ2) is 12.5. The van der Waals surface area contributed by atoms with Gasteiger partial charge in [-0.1, -0.05) is 76.6 Å². The Morgan fingerprint density at radius 1 is 0.900 bits per heavy atom. The summed E-state index contributed by atoms with van der Waals surface area (Å²) < 4.78 is 24.1. The van der Waals surface area contributed by atoms with Gasteiger partial charge in [-0.2, -0.15) is 0 Å². The molecule has 156 valence electrons. The molecule has 2 aromatic rings. The number of hydrogen-bond acceptors (Lipinski definition) is 5. The molecule has 7 heteroatoms. The lowest BCUT2D eigenvalue weighted by Gasteiger charge is -2.22. The summed E-state index contributed by atoms with van der Waals surface area (Å²) in [5.41, 5.74) is 1.57. The average Bonchev–Trinajstić information content (AvgIpc) is 2.79. The summed E-state index contributed by atoms with van der Waals surface area (Å²) >= 11 is 3.13. The molecule has 2 rings (SSSR count). The van der Waals surface area contributed by atoms with Gasteiger partial charge in [0.2, 0.25) is 0 Å². The standard InChI is InChI=1S/C23H20BrFO5/c24-19(16-29-21(27)13-11-17-7-3-1-4-8-17)23(20(25)15-26)30-22(28)14-12-18-9-5-2-6-10-18/h1-15,19-20,23H,16H2. The predicted octanol–water partition coefficient (Wildman–Crippen LogP) is 4.17. The van der Waals surface area contributed by atoms with Crippen molar-refractivity contribution in [1.82, 2.24) is 0 Å². The maximum absolute atomic E-state index is 14.0. The number of carbonyl (C=O) groups is 3. The van der Waals surface area contributed by atoms with Crippen LogP contribution in [0.25, 0.3) is 12.2 Å². The molecule has 0 fully saturated rings. The van der Waals surface area contributed by atoms with Gasteiger partial charge >= 0.3 is 11.9 Å². The number of alkyl halides is 2. The monoisotopic (exact) mass is 474 g/mol. The average molecular weight is 475 g/mol. The summed E-state index contributed by atoms with van der Waals surface area (Å²) in [6.45, 7) is -0.299. The van der Waals surface area contributed by atoms with E-state index in [0.717, 1.165) is 17.2 Å². The van der Waals surface area contributed by atoms with E-state index in [4.69, 9.17) is 9.47 Å². The van der Waals surface area contributed by atoms with Crippen LogP contribution in [-0.4, -0.2) is 41.9 Å². The van der Waals surface area contributed by atoms with Crippen LogP contribution in [-0.2, 0) is 23.9 Å². The van der Waals surface area contributed by atoms with Gasteiger partial charge in [0.25, 0.3) is 0 Å². The summed E-state index contributed by atoms with van der Waals surface area (Å²) in [6.07, 6.45) is 1.93. The van der Waals surface area contributed by atoms with Crippen molar-refractivity contribution in [3.63, 3.8) is 0 Å². The minimum atomic E-state index is -2.08. The van der Waals surface area contributed by atoms with Crippen LogP contribution in [0.5, 0.6) is 0 Å². The van der Waals surface area contributed by atoms with Gasteiger partial charge in [0.05, 0.1) is 4.83 Å². The second-order valence-corrected chi connectivity index (χ2v) is 7.29. The van der Waals surface area contributed by atoms with Gasteiger partial charge in [0, 0.05) is 12.2 Å². The van der Waals surface area contributed by atoms with Crippen molar-refractivity contribution in [3.8, 4) is 0 Å². The lowest BCUT2D eigenvalue weighted by atomic mass is 10.1. The third-order valence-corrected chi connectivity index (χ3v) is 4.65. The summed E-state index contributed by atoms with van der Waals surface area (Å²) in [4.78, 5) is 33.8. The van der Waals surface area contributed by atoms with Gasteiger partial charge in [-0.15, -0.1) is 0 Å². The van der Waals surface area contributed by atoms with Crippen molar-refractivity contribution in [2.24, 2.45) is 0 Å². The van der Waals surface area contributed by atoms with Crippen LogP contribution in [0.2, 0.25) is 0 Å². The largest absolute Gasteiger partial charge is 0.461 e. The zero-order valence-corrected chi connectivity index (χ0v) is 17.5. The topological polar surface area (TPSA) is 69.7 Å². The number of benzene rings is 2. The normalized spacial score (nSPS) is 14.2. The Labute approximate surface area is 182 Å². The van der Waals surface area contributed by atoms with E-state index >= 15 is 0 Å². The van der Waals surface area contributed by atoms with Crippen LogP contribution in [0.3, 0.4) is 0 Å². The lowest BCUT2D eigenvalue weighted by Crippen LogP contribution is -2.39. The maximum Gasteiger partial charge on any atom is 0.331 e. The van der Waals surface area contributed by atoms with E-state index in [1.165, 1.54) is 12.2 Å². The van der Waals surface area contributed by atoms with Crippen molar-refractivity contribution < 1.29 is 28.2 Å². The van der Waals surface area contributed by atoms with E-state index in [1.807, 2.05) is 36.4 Å². The van der Waals surface area contributed by atoms with Gasteiger partial charge in [0.1, 0.15) is 6.61 Å². The predicted molar refractivity (Wildman–Crippen MR) is 115 cm³/mol. The smallest absolute Gasteiger partial charge is 0.331 e. The van der Waals surface area contributed by atoms with Crippen LogP contribution in [0.4, 0.5) is 4.39 Å². The van der Waals surface area contributed by atoms with Crippen LogP contribution < -0.4 is 0 Å². The zero-order valence-electron chi connectivity index (χ0n) is 15.9. The molecule has 0 aliphatic rings. The summed E-state index contributed by atoms with van der Waals surface area (Å²) in [7, 11) is 0. The Morgan fingerprint density at radius 2 is 1.40 bits per heavy atom. The maximum atomic E-state index is 14.0. The SMILES string of the molecule is O=CC(F)C(OC(=O)C=Cc1ccccc1)C(Br)COC(=O)C=Cc1ccccc1. The van der Waals surface area contributed by atoms with Gasteiger partial charge in [-0.05, 0) is 23.3 Å². The summed E-state index contributed by atoms with van der Waals surface area (Å²) in [6, 6.07) is 18.1. The summed E-state index contributed by atoms with van der Waals surface area (Å²) in [5, 5.41) is 0. The van der Waals surface area contributed by atoms with Crippen molar-refractivity contribution in [3.05, 3.63) is 83.9 Å². The van der Waals surface area contributed by atoms with Gasteiger partial charge in [0.15, 0.2) is 18.6 Å². The highest BCUT2D eigenvalue weighted by Crippen LogP contribution is 2.17. The zero-order chi connectivity index (χ0) is 21.8. The lowest BCUT2D eigenvalue weighted by molar-refractivity contribution is -0.148. The fourth-order valence-corrected chi connectivity index (χ4v) is 2.88. The molecule has 30 heavy (non-hydrogen) atoms. The molecule has 0 spiro atoms. The first-order valence-corrected chi connectivity index (χ1v) is 9.98. The van der Waals surface area contributed by atoms with Crippen LogP contribution >= 0.6 is 15.9 Å². The molecule has 3 unspecified atom stereocenters. The molecular formula is C23H20BrFO5. The number of rotatable bonds is 10. The van der Waals surface area contributed by atoms with E-state index in [1.54, 1.807) is 30.3 Å². The second-order valence-electron chi connectivity index (χ2n) is 6.12. The third-order valence-electron chi connectivity index (χ3n) is 3.86. The molecule has 0 saturated heterocycles. The van der Waals surface area contributed by atoms with Crippen molar-refractivity contribution in [2.75, 3.05) is 6.61 Å². The highest BCUT2D eigenvalue weighted by molar-refractivity contribution is 9.09. The Morgan fingerprint density at radius 3 is 1.90 bits per heavy atom. The molecule has 5 nitrogen and oxygen atoms in total. The molecule has 0 aliphatic heterocycles. The highest BCUT2D eigenvalue weighted by atomic mass is 79.9. The minimum Gasteiger partial charge on any atom is -0.461 e. The molecule has 0 aromatic heterocycles. The van der Waals surface area contributed by atoms with Crippen molar-refractivity contribution in [1.29, 1.82) is 0 Å². The van der Waals surface area contributed by atoms with E-state index in [-0.39, 0.29) is 12.9 Å². The van der Waals surface area contributed by atoms with Crippen molar-refractivity contribution >= 4 is 46.3 Å². The van der Waals surface area contributed by atoms with Gasteiger partial charge < -0.3 is 9.47 Å². The Hall–Kier alpha value is -3.06. The first-order valence-electron chi connectivity index (χ1n) is 9.06. The molecule has 0 bridgehead atoms. The number of esters is 2. The van der Waals surface area contributed by atoms with Gasteiger partial charge in [-0.25, -0.2) is 14.0 Å². The quantitative estimate of drug-likeness (QED) is 0.223. The Bertz CT molecular complexity index is 883. The van der Waals surface area contributed by atoms with E-state index in [9.17, 15) is 18.8 Å². The number of carbonyl (C=O) groups excluding carboxylic acids is 3. The minimum absolute atomic E-state index is 0.0320. The molecule has 0 heterocycles. The van der Waals surface area contributed by atoms with E-state index in [0.29, 0.717) is 0 Å². The third kappa shape index (κ3) is 8.13. The molecule has 0 saturated carbocycles. The van der Waals surface area contributed by atoms with E-state index in [2.05, 4.69) is 15.9 Å². The summed E-state index contributed by atoms with van der Waals surface area (Å²) in [5.74, 6) is -1.48. The number of hydrogen-bond donors (Lipinski definition) is 0. The number of aldehydes is 1.